The molecule has 1 fully saturated rings. The molecule has 0 saturated heterocycles. The summed E-state index contributed by atoms with van der Waals surface area (Å²) in [7, 11) is 0. The second-order valence-corrected chi connectivity index (χ2v) is 9.00. The Bertz CT molecular complexity index is 1290. The Kier molecular flexibility index (Phi) is 4.54. The fourth-order valence-electron chi connectivity index (χ4n) is 5.33. The maximum atomic E-state index is 14.0. The number of aryl methyl sites for hydroxylation is 1. The van der Waals surface area contributed by atoms with Crippen molar-refractivity contribution in [1.29, 1.82) is 0 Å². The van der Waals surface area contributed by atoms with Gasteiger partial charge >= 0.3 is 0 Å². The highest BCUT2D eigenvalue weighted by atomic mass is 19.1. The molecule has 0 unspecified atom stereocenters. The van der Waals surface area contributed by atoms with E-state index in [0.29, 0.717) is 12.5 Å². The van der Waals surface area contributed by atoms with Crippen LogP contribution in [0.15, 0.2) is 30.3 Å². The van der Waals surface area contributed by atoms with Gasteiger partial charge in [-0.25, -0.2) is 9.37 Å². The Morgan fingerprint density at radius 2 is 2.00 bits per heavy atom. The van der Waals surface area contributed by atoms with Gasteiger partial charge in [0.2, 0.25) is 0 Å². The van der Waals surface area contributed by atoms with Crippen LogP contribution in [0.2, 0.25) is 0 Å². The molecule has 6 rings (SSSR count). The molecule has 1 saturated carbocycles. The number of rotatable bonds is 4. The Morgan fingerprint density at radius 1 is 1.16 bits per heavy atom. The van der Waals surface area contributed by atoms with Crippen LogP contribution in [0.4, 0.5) is 4.39 Å². The third kappa shape index (κ3) is 3.11. The molecule has 6 nitrogen and oxygen atoms in total. The van der Waals surface area contributed by atoms with E-state index in [0.717, 1.165) is 57.9 Å². The summed E-state index contributed by atoms with van der Waals surface area (Å²) in [6, 6.07) is 9.57. The number of phenols is 1. The first-order valence-electron chi connectivity index (χ1n) is 11.4. The van der Waals surface area contributed by atoms with Crippen molar-refractivity contribution >= 4 is 10.9 Å². The number of nitrogens with zero attached hydrogens (tertiary/aromatic N) is 3. The van der Waals surface area contributed by atoms with Gasteiger partial charge in [-0.3, -0.25) is 10.00 Å². The van der Waals surface area contributed by atoms with Crippen molar-refractivity contribution in [2.24, 2.45) is 0 Å². The van der Waals surface area contributed by atoms with Crippen molar-refractivity contribution < 1.29 is 9.50 Å². The molecule has 1 aliphatic heterocycles. The molecule has 0 bridgehead atoms. The van der Waals surface area contributed by atoms with Gasteiger partial charge in [-0.05, 0) is 60.2 Å². The monoisotopic (exact) mass is 431 g/mol. The fraction of sp³-hybridized carbons (Fsp3) is 0.360. The highest BCUT2D eigenvalue weighted by molar-refractivity contribution is 5.94. The van der Waals surface area contributed by atoms with Crippen LogP contribution >= 0.6 is 0 Å². The minimum absolute atomic E-state index is 0.312. The van der Waals surface area contributed by atoms with Gasteiger partial charge in [-0.15, -0.1) is 0 Å². The summed E-state index contributed by atoms with van der Waals surface area (Å²) in [5, 5.41) is 18.4. The Balaban J connectivity index is 1.32. The Labute approximate surface area is 185 Å². The van der Waals surface area contributed by atoms with E-state index in [9.17, 15) is 9.50 Å². The first-order chi connectivity index (χ1) is 15.6. The molecule has 32 heavy (non-hydrogen) atoms. The zero-order chi connectivity index (χ0) is 21.8. The van der Waals surface area contributed by atoms with Crippen LogP contribution in [0.25, 0.3) is 33.5 Å². The zero-order valence-electron chi connectivity index (χ0n) is 18.1. The van der Waals surface area contributed by atoms with Gasteiger partial charge in [0.15, 0.2) is 17.4 Å². The molecule has 0 spiro atoms. The predicted octanol–water partition coefficient (Wildman–Crippen LogP) is 5.29. The van der Waals surface area contributed by atoms with Crippen LogP contribution in [0.3, 0.4) is 0 Å². The van der Waals surface area contributed by atoms with Gasteiger partial charge in [-0.1, -0.05) is 25.8 Å². The normalized spacial score (nSPS) is 16.9. The molecule has 2 aromatic heterocycles. The predicted molar refractivity (Wildman–Crippen MR) is 122 cm³/mol. The summed E-state index contributed by atoms with van der Waals surface area (Å²) >= 11 is 0. The molecule has 164 valence electrons. The highest BCUT2D eigenvalue weighted by Gasteiger charge is 2.31. The summed E-state index contributed by atoms with van der Waals surface area (Å²) in [4.78, 5) is 10.9. The number of imidazole rings is 1. The van der Waals surface area contributed by atoms with Crippen molar-refractivity contribution in [3.63, 3.8) is 0 Å². The number of nitrogens with one attached hydrogen (secondary N) is 2. The van der Waals surface area contributed by atoms with Crippen LogP contribution in [-0.4, -0.2) is 36.2 Å². The third-order valence-corrected chi connectivity index (χ3v) is 7.07. The number of aromatic amines is 2. The molecule has 0 amide bonds. The van der Waals surface area contributed by atoms with Crippen molar-refractivity contribution in [1.82, 2.24) is 25.1 Å². The van der Waals surface area contributed by atoms with E-state index in [1.165, 1.54) is 43.5 Å². The lowest BCUT2D eigenvalue weighted by atomic mass is 9.96. The molecule has 7 heteroatoms. The molecular formula is C25H26FN5O. The van der Waals surface area contributed by atoms with E-state index >= 15 is 0 Å². The number of halogens is 1. The van der Waals surface area contributed by atoms with Crippen molar-refractivity contribution in [2.75, 3.05) is 0 Å². The Hall–Kier alpha value is -3.19. The summed E-state index contributed by atoms with van der Waals surface area (Å²) < 4.78 is 14.0. The van der Waals surface area contributed by atoms with Gasteiger partial charge in [0.05, 0.1) is 16.9 Å². The topological polar surface area (TPSA) is 80.8 Å². The van der Waals surface area contributed by atoms with E-state index in [1.807, 2.05) is 25.1 Å². The molecule has 0 radical (unpaired) electrons. The number of hydrogen-bond acceptors (Lipinski definition) is 4. The van der Waals surface area contributed by atoms with Gasteiger partial charge in [0.1, 0.15) is 5.69 Å². The Morgan fingerprint density at radius 3 is 2.78 bits per heavy atom. The summed E-state index contributed by atoms with van der Waals surface area (Å²) in [5.74, 6) is -0.128. The molecular weight excluding hydrogens is 405 g/mol. The fourth-order valence-corrected chi connectivity index (χ4v) is 5.33. The first kappa shape index (κ1) is 19.5. The van der Waals surface area contributed by atoms with E-state index in [2.05, 4.69) is 20.1 Å². The number of aromatic hydroxyl groups is 1. The largest absolute Gasteiger partial charge is 0.505 e. The number of H-pyrrole nitrogens is 2. The molecule has 4 aromatic rings. The van der Waals surface area contributed by atoms with Crippen LogP contribution in [0.1, 0.15) is 49.6 Å². The third-order valence-electron chi connectivity index (χ3n) is 7.07. The first-order valence-corrected chi connectivity index (χ1v) is 11.4. The lowest BCUT2D eigenvalue weighted by molar-refractivity contribution is 0.199. The number of fused-ring (bicyclic) bond motifs is 2. The van der Waals surface area contributed by atoms with E-state index in [1.54, 1.807) is 0 Å². The lowest BCUT2D eigenvalue weighted by Crippen LogP contribution is -2.28. The second kappa shape index (κ2) is 7.45. The molecule has 0 atom stereocenters. The zero-order valence-corrected chi connectivity index (χ0v) is 18.1. The smallest absolute Gasteiger partial charge is 0.165 e. The average Bonchev–Trinajstić information content (AvgIpc) is 3.56. The molecule has 2 aromatic carbocycles. The summed E-state index contributed by atoms with van der Waals surface area (Å²) in [6.07, 6.45) is 5.98. The van der Waals surface area contributed by atoms with Crippen LogP contribution in [0, 0.1) is 5.82 Å². The van der Waals surface area contributed by atoms with Crippen molar-refractivity contribution in [2.45, 2.75) is 58.2 Å². The minimum Gasteiger partial charge on any atom is -0.505 e. The summed E-state index contributed by atoms with van der Waals surface area (Å²) in [5.41, 5.74) is 6.58. The van der Waals surface area contributed by atoms with Crippen LogP contribution in [0.5, 0.6) is 5.75 Å². The van der Waals surface area contributed by atoms with Gasteiger partial charge in [-0.2, -0.15) is 5.10 Å². The van der Waals surface area contributed by atoms with Crippen molar-refractivity contribution in [3.05, 3.63) is 53.1 Å². The van der Waals surface area contributed by atoms with E-state index < -0.39 is 5.82 Å². The van der Waals surface area contributed by atoms with E-state index in [-0.39, 0.29) is 5.75 Å². The SMILES string of the molecule is CCc1cc(O)c(F)cc1-c1ccc2c(-c3nc4c([nH]3)CN(C3CCCC3)C4)n[nH]c2c1. The molecule has 3 heterocycles. The maximum absolute atomic E-state index is 14.0. The van der Waals surface area contributed by atoms with Crippen LogP contribution in [-0.2, 0) is 19.5 Å². The average molecular weight is 432 g/mol. The maximum Gasteiger partial charge on any atom is 0.165 e. The van der Waals surface area contributed by atoms with Crippen molar-refractivity contribution in [3.8, 4) is 28.4 Å². The number of aromatic nitrogens is 4. The van der Waals surface area contributed by atoms with Crippen LogP contribution < -0.4 is 0 Å². The number of hydrogen-bond donors (Lipinski definition) is 3. The second-order valence-electron chi connectivity index (χ2n) is 9.00. The summed E-state index contributed by atoms with van der Waals surface area (Å²) in [6.45, 7) is 3.84. The molecule has 1 aliphatic carbocycles. The van der Waals surface area contributed by atoms with Gasteiger partial charge < -0.3 is 10.1 Å². The number of phenolic OH excluding ortho intramolecular Hbond substituents is 1. The quantitative estimate of drug-likeness (QED) is 0.410. The number of benzene rings is 2. The minimum atomic E-state index is -0.612. The van der Waals surface area contributed by atoms with E-state index in [4.69, 9.17) is 4.98 Å². The highest BCUT2D eigenvalue weighted by Crippen LogP contribution is 2.35. The standard InChI is InChI=1S/C25H26FN5O/c1-2-14-10-23(32)19(26)11-18(14)15-7-8-17-20(9-15)29-30-24(17)25-27-21-12-31(13-22(21)28-25)16-5-3-4-6-16/h7-11,16,32H,2-6,12-13H2,1H3,(H,27,28)(H,29,30). The lowest BCUT2D eigenvalue weighted by Gasteiger charge is -2.22. The van der Waals surface area contributed by atoms with Gasteiger partial charge in [0, 0.05) is 24.5 Å². The molecule has 2 aliphatic rings. The van der Waals surface area contributed by atoms with Gasteiger partial charge in [0.25, 0.3) is 0 Å². The molecule has 3 N–H and O–H groups in total.